The van der Waals surface area contributed by atoms with Gasteiger partial charge in [-0.15, -0.1) is 0 Å². The number of pyridine rings is 1. The van der Waals surface area contributed by atoms with Crippen molar-refractivity contribution in [3.8, 4) is 5.88 Å². The number of nitrogens with zero attached hydrogens (tertiary/aromatic N) is 3. The lowest BCUT2D eigenvalue weighted by Gasteiger charge is -2.05. The zero-order chi connectivity index (χ0) is 12.8. The summed E-state index contributed by atoms with van der Waals surface area (Å²) < 4.78 is 9.53. The lowest BCUT2D eigenvalue weighted by Crippen LogP contribution is -2.01. The predicted octanol–water partition coefficient (Wildman–Crippen LogP) is 2.64. The van der Waals surface area contributed by atoms with Crippen molar-refractivity contribution in [3.05, 3.63) is 29.7 Å². The van der Waals surface area contributed by atoms with Gasteiger partial charge in [0.1, 0.15) is 5.82 Å². The Labute approximate surface area is 110 Å². The van der Waals surface area contributed by atoms with E-state index in [9.17, 15) is 0 Å². The predicted molar refractivity (Wildman–Crippen MR) is 72.0 cm³/mol. The minimum absolute atomic E-state index is 0.673. The second kappa shape index (κ2) is 6.30. The molecule has 96 valence electrons. The van der Waals surface area contributed by atoms with Gasteiger partial charge in [0, 0.05) is 30.3 Å². The number of aromatic nitrogens is 3. The summed E-state index contributed by atoms with van der Waals surface area (Å²) in [7, 11) is 0. The van der Waals surface area contributed by atoms with E-state index in [1.54, 1.807) is 0 Å². The molecule has 0 saturated carbocycles. The maximum atomic E-state index is 5.42. The molecule has 0 fully saturated rings. The van der Waals surface area contributed by atoms with E-state index in [0.29, 0.717) is 19.0 Å². The smallest absolute Gasteiger partial charge is 0.213 e. The monoisotopic (exact) mass is 264 g/mol. The third-order valence-electron chi connectivity index (χ3n) is 2.22. The molecule has 5 nitrogen and oxygen atoms in total. The number of anilines is 1. The largest absolute Gasteiger partial charge is 0.478 e. The molecule has 0 atom stereocenters. The van der Waals surface area contributed by atoms with E-state index in [0.717, 1.165) is 22.9 Å². The maximum absolute atomic E-state index is 5.42. The Morgan fingerprint density at radius 2 is 2.28 bits per heavy atom. The zero-order valence-electron chi connectivity index (χ0n) is 10.5. The number of ether oxygens (including phenoxy) is 1. The molecule has 0 unspecified atom stereocenters. The van der Waals surface area contributed by atoms with Gasteiger partial charge in [-0.1, -0.05) is 13.0 Å². The van der Waals surface area contributed by atoms with E-state index >= 15 is 0 Å². The lowest BCUT2D eigenvalue weighted by molar-refractivity contribution is 0.305. The number of hydrogen-bond acceptors (Lipinski definition) is 6. The van der Waals surface area contributed by atoms with Crippen molar-refractivity contribution in [2.75, 3.05) is 11.9 Å². The van der Waals surface area contributed by atoms with Crippen molar-refractivity contribution in [2.24, 2.45) is 0 Å². The molecule has 0 amide bonds. The highest BCUT2D eigenvalue weighted by Gasteiger charge is 2.00. The van der Waals surface area contributed by atoms with E-state index in [-0.39, 0.29) is 0 Å². The van der Waals surface area contributed by atoms with Crippen LogP contribution in [0.2, 0.25) is 0 Å². The molecule has 2 rings (SSSR count). The van der Waals surface area contributed by atoms with Gasteiger partial charge in [-0.2, -0.15) is 4.37 Å². The van der Waals surface area contributed by atoms with Crippen LogP contribution in [0, 0.1) is 6.92 Å². The van der Waals surface area contributed by atoms with Crippen LogP contribution >= 0.6 is 11.5 Å². The molecule has 2 heterocycles. The van der Waals surface area contributed by atoms with Gasteiger partial charge >= 0.3 is 0 Å². The Morgan fingerprint density at radius 1 is 1.39 bits per heavy atom. The molecule has 0 saturated heterocycles. The van der Waals surface area contributed by atoms with Gasteiger partial charge in [-0.3, -0.25) is 0 Å². The van der Waals surface area contributed by atoms with Crippen molar-refractivity contribution in [3.63, 3.8) is 0 Å². The molecule has 0 bridgehead atoms. The molecule has 2 aromatic heterocycles. The Kier molecular flexibility index (Phi) is 4.46. The molecule has 1 N–H and O–H groups in total. The molecule has 0 aromatic carbocycles. The molecule has 0 aliphatic rings. The summed E-state index contributed by atoms with van der Waals surface area (Å²) in [5.74, 6) is 1.47. The van der Waals surface area contributed by atoms with Crippen LogP contribution in [-0.2, 0) is 6.54 Å². The highest BCUT2D eigenvalue weighted by atomic mass is 32.1. The van der Waals surface area contributed by atoms with Crippen LogP contribution in [0.4, 0.5) is 5.13 Å². The summed E-state index contributed by atoms with van der Waals surface area (Å²) in [5, 5.41) is 4.04. The van der Waals surface area contributed by atoms with Crippen LogP contribution in [0.1, 0.15) is 24.7 Å². The Hall–Kier alpha value is -1.69. The highest BCUT2D eigenvalue weighted by Crippen LogP contribution is 2.13. The minimum atomic E-state index is 0.673. The van der Waals surface area contributed by atoms with Crippen molar-refractivity contribution >= 4 is 16.7 Å². The Bertz CT molecular complexity index is 483. The number of nitrogens with one attached hydrogen (secondary N) is 1. The zero-order valence-corrected chi connectivity index (χ0v) is 11.3. The third-order valence-corrected chi connectivity index (χ3v) is 2.99. The second-order valence-corrected chi connectivity index (χ2v) is 4.61. The molecule has 0 aliphatic heterocycles. The van der Waals surface area contributed by atoms with Gasteiger partial charge in [-0.05, 0) is 18.9 Å². The van der Waals surface area contributed by atoms with Crippen LogP contribution < -0.4 is 10.1 Å². The number of hydrogen-bond donors (Lipinski definition) is 1. The first-order valence-electron chi connectivity index (χ1n) is 5.90. The first-order valence-corrected chi connectivity index (χ1v) is 6.67. The molecule has 0 spiro atoms. The summed E-state index contributed by atoms with van der Waals surface area (Å²) in [4.78, 5) is 8.47. The molecule has 0 radical (unpaired) electrons. The normalized spacial score (nSPS) is 10.3. The van der Waals surface area contributed by atoms with Crippen molar-refractivity contribution in [2.45, 2.75) is 26.8 Å². The maximum Gasteiger partial charge on any atom is 0.213 e. The van der Waals surface area contributed by atoms with E-state index in [1.807, 2.05) is 25.3 Å². The van der Waals surface area contributed by atoms with Crippen molar-refractivity contribution in [1.29, 1.82) is 0 Å². The number of rotatable bonds is 6. The summed E-state index contributed by atoms with van der Waals surface area (Å²) in [6.45, 7) is 5.34. The summed E-state index contributed by atoms with van der Waals surface area (Å²) in [6.07, 6.45) is 2.80. The van der Waals surface area contributed by atoms with Crippen LogP contribution in [0.15, 0.2) is 18.3 Å². The second-order valence-electron chi connectivity index (χ2n) is 3.85. The van der Waals surface area contributed by atoms with E-state index < -0.39 is 0 Å². The first kappa shape index (κ1) is 12.8. The quantitative estimate of drug-likeness (QED) is 0.869. The molecule has 0 aliphatic carbocycles. The fourth-order valence-electron chi connectivity index (χ4n) is 1.35. The SMILES string of the molecule is CCCOc1ccc(CNc2nc(C)ns2)cn1. The molecule has 6 heteroatoms. The molecular weight excluding hydrogens is 248 g/mol. The standard InChI is InChI=1S/C12H16N4OS/c1-3-6-17-11-5-4-10(7-13-11)8-14-12-15-9(2)16-18-12/h4-5,7H,3,6,8H2,1-2H3,(H,14,15,16). The van der Waals surface area contributed by atoms with E-state index in [2.05, 4.69) is 26.6 Å². The Morgan fingerprint density at radius 3 is 2.89 bits per heavy atom. The number of aryl methyl sites for hydroxylation is 1. The van der Waals surface area contributed by atoms with Gasteiger partial charge < -0.3 is 10.1 Å². The fourth-order valence-corrected chi connectivity index (χ4v) is 1.92. The van der Waals surface area contributed by atoms with Gasteiger partial charge in [-0.25, -0.2) is 9.97 Å². The highest BCUT2D eigenvalue weighted by molar-refractivity contribution is 7.09. The lowest BCUT2D eigenvalue weighted by atomic mass is 10.3. The van der Waals surface area contributed by atoms with Crippen molar-refractivity contribution < 1.29 is 4.74 Å². The summed E-state index contributed by atoms with van der Waals surface area (Å²) >= 11 is 1.37. The van der Waals surface area contributed by atoms with Crippen molar-refractivity contribution in [1.82, 2.24) is 14.3 Å². The van der Waals surface area contributed by atoms with Gasteiger partial charge in [0.25, 0.3) is 0 Å². The average Bonchev–Trinajstić information content (AvgIpc) is 2.81. The van der Waals surface area contributed by atoms with Gasteiger partial charge in [0.2, 0.25) is 11.0 Å². The van der Waals surface area contributed by atoms with Gasteiger partial charge in [0.15, 0.2) is 0 Å². The average molecular weight is 264 g/mol. The summed E-state index contributed by atoms with van der Waals surface area (Å²) in [6, 6.07) is 3.89. The molecule has 2 aromatic rings. The molecular formula is C12H16N4OS. The van der Waals surface area contributed by atoms with E-state index in [4.69, 9.17) is 4.74 Å². The van der Waals surface area contributed by atoms with Crippen LogP contribution in [0.25, 0.3) is 0 Å². The third kappa shape index (κ3) is 3.66. The minimum Gasteiger partial charge on any atom is -0.478 e. The van der Waals surface area contributed by atoms with Crippen LogP contribution in [0.5, 0.6) is 5.88 Å². The van der Waals surface area contributed by atoms with E-state index in [1.165, 1.54) is 11.5 Å². The first-order chi connectivity index (χ1) is 8.78. The summed E-state index contributed by atoms with van der Waals surface area (Å²) in [5.41, 5.74) is 1.09. The van der Waals surface area contributed by atoms with Crippen LogP contribution in [0.3, 0.4) is 0 Å². The van der Waals surface area contributed by atoms with Crippen LogP contribution in [-0.4, -0.2) is 20.9 Å². The topological polar surface area (TPSA) is 59.9 Å². The van der Waals surface area contributed by atoms with Gasteiger partial charge in [0.05, 0.1) is 6.61 Å². The molecule has 18 heavy (non-hydrogen) atoms. The Balaban J connectivity index is 1.86. The fraction of sp³-hybridized carbons (Fsp3) is 0.417.